The van der Waals surface area contributed by atoms with Gasteiger partial charge in [-0.05, 0) is 37.8 Å². The van der Waals surface area contributed by atoms with Crippen LogP contribution >= 0.6 is 0 Å². The molecule has 118 valence electrons. The Kier molecular flexibility index (Phi) is 5.97. The first-order chi connectivity index (χ1) is 10.2. The van der Waals surface area contributed by atoms with Crippen LogP contribution in [-0.2, 0) is 0 Å². The van der Waals surface area contributed by atoms with Crippen molar-refractivity contribution in [3.63, 3.8) is 0 Å². The summed E-state index contributed by atoms with van der Waals surface area (Å²) >= 11 is 0. The first-order valence-electron chi connectivity index (χ1n) is 7.86. The van der Waals surface area contributed by atoms with Crippen LogP contribution in [0.5, 0.6) is 5.75 Å². The summed E-state index contributed by atoms with van der Waals surface area (Å²) in [7, 11) is 1.90. The van der Waals surface area contributed by atoms with E-state index < -0.39 is 6.61 Å². The van der Waals surface area contributed by atoms with Crippen LogP contribution in [0, 0.1) is 11.8 Å². The highest BCUT2D eigenvalue weighted by Crippen LogP contribution is 2.40. The SMILES string of the molecule is CCC1CCC(C(NC)c2ccccc2OC(F)F)CC1. The maximum absolute atomic E-state index is 12.6. The predicted molar refractivity (Wildman–Crippen MR) is 80.6 cm³/mol. The highest BCUT2D eigenvalue weighted by Gasteiger charge is 2.29. The van der Waals surface area contributed by atoms with Gasteiger partial charge in [0.25, 0.3) is 0 Å². The van der Waals surface area contributed by atoms with Gasteiger partial charge in [-0.25, -0.2) is 0 Å². The van der Waals surface area contributed by atoms with E-state index in [1.54, 1.807) is 12.1 Å². The molecule has 1 atom stereocenters. The van der Waals surface area contributed by atoms with Crippen molar-refractivity contribution in [2.24, 2.45) is 11.8 Å². The molecule has 2 nitrogen and oxygen atoms in total. The zero-order valence-corrected chi connectivity index (χ0v) is 12.8. The van der Waals surface area contributed by atoms with Gasteiger partial charge in [-0.1, -0.05) is 44.4 Å². The fourth-order valence-electron chi connectivity index (χ4n) is 3.52. The normalized spacial score (nSPS) is 24.0. The fourth-order valence-corrected chi connectivity index (χ4v) is 3.52. The topological polar surface area (TPSA) is 21.3 Å². The van der Waals surface area contributed by atoms with E-state index >= 15 is 0 Å². The van der Waals surface area contributed by atoms with Crippen LogP contribution in [-0.4, -0.2) is 13.7 Å². The molecule has 1 aromatic carbocycles. The van der Waals surface area contributed by atoms with Gasteiger partial charge in [0.2, 0.25) is 0 Å². The first kappa shape index (κ1) is 16.2. The molecule has 1 N–H and O–H groups in total. The molecule has 4 heteroatoms. The average Bonchev–Trinajstić information content (AvgIpc) is 2.50. The molecule has 0 saturated heterocycles. The number of hydrogen-bond acceptors (Lipinski definition) is 2. The molecule has 1 aliphatic carbocycles. The lowest BCUT2D eigenvalue weighted by atomic mass is 9.76. The zero-order valence-electron chi connectivity index (χ0n) is 12.8. The Morgan fingerprint density at radius 3 is 2.43 bits per heavy atom. The van der Waals surface area contributed by atoms with Crippen molar-refractivity contribution in [1.29, 1.82) is 0 Å². The molecule has 0 aliphatic heterocycles. The molecule has 1 saturated carbocycles. The van der Waals surface area contributed by atoms with E-state index in [2.05, 4.69) is 17.0 Å². The van der Waals surface area contributed by atoms with Gasteiger partial charge in [0.15, 0.2) is 0 Å². The van der Waals surface area contributed by atoms with E-state index in [1.165, 1.54) is 19.3 Å². The molecule has 2 rings (SSSR count). The molecule has 21 heavy (non-hydrogen) atoms. The average molecular weight is 297 g/mol. The summed E-state index contributed by atoms with van der Waals surface area (Å²) in [5.74, 6) is 1.61. The molecular weight excluding hydrogens is 272 g/mol. The highest BCUT2D eigenvalue weighted by atomic mass is 19.3. The lowest BCUT2D eigenvalue weighted by molar-refractivity contribution is -0.0509. The van der Waals surface area contributed by atoms with Gasteiger partial charge < -0.3 is 10.1 Å². The second-order valence-electron chi connectivity index (χ2n) is 5.87. The number of rotatable bonds is 6. The van der Waals surface area contributed by atoms with Gasteiger partial charge in [0.1, 0.15) is 5.75 Å². The van der Waals surface area contributed by atoms with Crippen molar-refractivity contribution in [3.8, 4) is 5.75 Å². The summed E-state index contributed by atoms with van der Waals surface area (Å²) < 4.78 is 29.8. The van der Waals surface area contributed by atoms with E-state index in [4.69, 9.17) is 0 Å². The number of alkyl halides is 2. The van der Waals surface area contributed by atoms with Crippen LogP contribution in [0.3, 0.4) is 0 Å². The molecular formula is C17H25F2NO. The van der Waals surface area contributed by atoms with E-state index in [-0.39, 0.29) is 6.04 Å². The zero-order chi connectivity index (χ0) is 15.2. The van der Waals surface area contributed by atoms with Crippen LogP contribution in [0.25, 0.3) is 0 Å². The first-order valence-corrected chi connectivity index (χ1v) is 7.86. The Bertz CT molecular complexity index is 431. The second-order valence-corrected chi connectivity index (χ2v) is 5.87. The number of hydrogen-bond donors (Lipinski definition) is 1. The van der Waals surface area contributed by atoms with E-state index in [0.29, 0.717) is 11.7 Å². The van der Waals surface area contributed by atoms with Gasteiger partial charge >= 0.3 is 6.61 Å². The van der Waals surface area contributed by atoms with E-state index in [1.807, 2.05) is 19.2 Å². The molecule has 1 fully saturated rings. The molecule has 0 radical (unpaired) electrons. The third-order valence-electron chi connectivity index (χ3n) is 4.72. The summed E-state index contributed by atoms with van der Waals surface area (Å²) in [6.45, 7) is -0.536. The summed E-state index contributed by atoms with van der Waals surface area (Å²) in [4.78, 5) is 0. The third-order valence-corrected chi connectivity index (χ3v) is 4.72. The molecule has 0 amide bonds. The minimum atomic E-state index is -2.78. The Morgan fingerprint density at radius 2 is 1.86 bits per heavy atom. The van der Waals surface area contributed by atoms with Crippen LogP contribution < -0.4 is 10.1 Å². The number of para-hydroxylation sites is 1. The van der Waals surface area contributed by atoms with Gasteiger partial charge in [0, 0.05) is 11.6 Å². The number of benzene rings is 1. The molecule has 1 unspecified atom stereocenters. The third kappa shape index (κ3) is 4.16. The minimum Gasteiger partial charge on any atom is -0.434 e. The Balaban J connectivity index is 2.14. The predicted octanol–water partition coefficient (Wildman–Crippen LogP) is 4.76. The maximum Gasteiger partial charge on any atom is 0.387 e. The smallest absolute Gasteiger partial charge is 0.387 e. The quantitative estimate of drug-likeness (QED) is 0.817. The fraction of sp³-hybridized carbons (Fsp3) is 0.647. The highest BCUT2D eigenvalue weighted by molar-refractivity contribution is 5.36. The summed E-state index contributed by atoms with van der Waals surface area (Å²) in [6, 6.07) is 7.23. The van der Waals surface area contributed by atoms with Crippen molar-refractivity contribution in [2.75, 3.05) is 7.05 Å². The van der Waals surface area contributed by atoms with Gasteiger partial charge in [-0.3, -0.25) is 0 Å². The van der Waals surface area contributed by atoms with Gasteiger partial charge in [0.05, 0.1) is 0 Å². The van der Waals surface area contributed by atoms with Crippen LogP contribution in [0.15, 0.2) is 24.3 Å². The van der Waals surface area contributed by atoms with Crippen LogP contribution in [0.1, 0.15) is 50.6 Å². The van der Waals surface area contributed by atoms with Crippen molar-refractivity contribution in [3.05, 3.63) is 29.8 Å². The minimum absolute atomic E-state index is 0.0813. The standard InChI is InChI=1S/C17H25F2NO/c1-3-12-8-10-13(11-9-12)16(20-2)14-6-4-5-7-15(14)21-17(18)19/h4-7,12-13,16-17,20H,3,8-11H2,1-2H3. The largest absolute Gasteiger partial charge is 0.434 e. The van der Waals surface area contributed by atoms with E-state index in [0.717, 1.165) is 24.3 Å². The van der Waals surface area contributed by atoms with Gasteiger partial charge in [-0.2, -0.15) is 8.78 Å². The number of nitrogens with one attached hydrogen (secondary N) is 1. The lowest BCUT2D eigenvalue weighted by Gasteiger charge is -2.34. The van der Waals surface area contributed by atoms with Crippen molar-refractivity contribution in [2.45, 2.75) is 51.7 Å². The summed E-state index contributed by atoms with van der Waals surface area (Å²) in [5.41, 5.74) is 0.847. The molecule has 0 bridgehead atoms. The summed E-state index contributed by atoms with van der Waals surface area (Å²) in [5, 5.41) is 3.31. The van der Waals surface area contributed by atoms with Crippen LogP contribution in [0.4, 0.5) is 8.78 Å². The second kappa shape index (κ2) is 7.74. The molecule has 1 aliphatic rings. The Labute approximate surface area is 125 Å². The molecule has 0 heterocycles. The van der Waals surface area contributed by atoms with E-state index in [9.17, 15) is 8.78 Å². The molecule has 1 aromatic rings. The molecule has 0 spiro atoms. The lowest BCUT2D eigenvalue weighted by Crippen LogP contribution is -2.29. The Hall–Kier alpha value is -1.16. The van der Waals surface area contributed by atoms with Crippen molar-refractivity contribution >= 4 is 0 Å². The number of ether oxygens (including phenoxy) is 1. The van der Waals surface area contributed by atoms with Gasteiger partial charge in [-0.15, -0.1) is 0 Å². The van der Waals surface area contributed by atoms with Crippen molar-refractivity contribution in [1.82, 2.24) is 5.32 Å². The monoisotopic (exact) mass is 297 g/mol. The summed E-state index contributed by atoms with van der Waals surface area (Å²) in [6.07, 6.45) is 6.00. The van der Waals surface area contributed by atoms with Crippen molar-refractivity contribution < 1.29 is 13.5 Å². The van der Waals surface area contributed by atoms with Crippen LogP contribution in [0.2, 0.25) is 0 Å². The number of halogens is 2. The Morgan fingerprint density at radius 1 is 1.19 bits per heavy atom. The molecule has 0 aromatic heterocycles. The maximum atomic E-state index is 12.6.